The van der Waals surface area contributed by atoms with E-state index in [1.165, 1.54) is 19.3 Å². The summed E-state index contributed by atoms with van der Waals surface area (Å²) in [5.74, 6) is 1.05. The Morgan fingerprint density at radius 3 is 2.13 bits per heavy atom. The van der Waals surface area contributed by atoms with Crippen molar-refractivity contribution in [3.05, 3.63) is 0 Å². The van der Waals surface area contributed by atoms with Crippen LogP contribution in [0, 0.1) is 5.92 Å². The Hall–Kier alpha value is -2.00. The molecule has 9 nitrogen and oxygen atoms in total. The second-order valence-corrected chi connectivity index (χ2v) is 10.9. The highest BCUT2D eigenvalue weighted by Gasteiger charge is 2.47. The van der Waals surface area contributed by atoms with Crippen LogP contribution in [-0.2, 0) is 23.9 Å². The van der Waals surface area contributed by atoms with Gasteiger partial charge in [-0.3, -0.25) is 19.3 Å². The van der Waals surface area contributed by atoms with E-state index in [1.807, 2.05) is 55.4 Å². The maximum atomic E-state index is 11.9. The predicted molar refractivity (Wildman–Crippen MR) is 155 cm³/mol. The quantitative estimate of drug-likeness (QED) is 0.401. The molecule has 224 valence electrons. The summed E-state index contributed by atoms with van der Waals surface area (Å²) in [6.45, 7) is 17.0. The molecule has 3 fully saturated rings. The molecule has 2 aliphatic heterocycles. The van der Waals surface area contributed by atoms with Gasteiger partial charge in [-0.25, -0.2) is 0 Å². The van der Waals surface area contributed by atoms with Crippen molar-refractivity contribution in [2.75, 3.05) is 20.7 Å². The second-order valence-electron chi connectivity index (χ2n) is 10.9. The van der Waals surface area contributed by atoms with Gasteiger partial charge in [0.2, 0.25) is 18.2 Å². The highest BCUT2D eigenvalue weighted by Crippen LogP contribution is 2.41. The molecule has 2 bridgehead atoms. The van der Waals surface area contributed by atoms with Crippen LogP contribution in [0.15, 0.2) is 0 Å². The van der Waals surface area contributed by atoms with Gasteiger partial charge in [-0.15, -0.1) is 0 Å². The maximum absolute atomic E-state index is 11.9. The first kappa shape index (κ1) is 38.1. The summed E-state index contributed by atoms with van der Waals surface area (Å²) in [5, 5.41) is 8.12. The fourth-order valence-corrected chi connectivity index (χ4v) is 4.24. The number of unbranched alkanes of at least 4 members (excludes halogenated alkanes) is 1. The standard InChI is InChI=1S/C11H20N2O.C7H13NO2.C5H12O.C4H7NO.C2H6/c1-7(2)12-11(14)10-8-4-5-9(6-8)13(10)3;1-2-3-4-7(5-9)8-6-10;1-5(2,3)6-4;6-4-2-1-3-5-4;1-2/h7-10H,4-6H2,1-3H3,(H,12,14);5-7H,2-4H2,1H3,(H,8,10);1-4H3;1-3H2,(H,5,6);1-2H3/t;7-;;;/m.0.../s1. The Morgan fingerprint density at radius 2 is 1.82 bits per heavy atom. The topological polar surface area (TPSA) is 117 Å². The Bertz CT molecular complexity index is 641. The van der Waals surface area contributed by atoms with E-state index in [4.69, 9.17) is 4.74 Å². The SMILES string of the molecule is CC.CC(C)NC(=O)C1C2CCC(C2)N1C.CCCC[C@@H](C=O)NC=O.COC(C)(C)C.O=C1CCCN1. The van der Waals surface area contributed by atoms with Crippen LogP contribution in [0.2, 0.25) is 0 Å². The maximum Gasteiger partial charge on any atom is 0.237 e. The Kier molecular flexibility index (Phi) is 22.0. The van der Waals surface area contributed by atoms with Gasteiger partial charge in [0.25, 0.3) is 0 Å². The first-order chi connectivity index (χ1) is 17.9. The lowest BCUT2D eigenvalue weighted by Gasteiger charge is -2.31. The van der Waals surface area contributed by atoms with Crippen molar-refractivity contribution in [2.24, 2.45) is 5.92 Å². The van der Waals surface area contributed by atoms with E-state index in [-0.39, 0.29) is 35.5 Å². The summed E-state index contributed by atoms with van der Waals surface area (Å²) in [6, 6.07) is 0.798. The number of piperidine rings is 1. The molecule has 0 aromatic rings. The van der Waals surface area contributed by atoms with Crippen molar-refractivity contribution in [3.8, 4) is 0 Å². The minimum Gasteiger partial charge on any atom is -0.379 e. The molecular weight excluding hydrogens is 484 g/mol. The predicted octanol–water partition coefficient (Wildman–Crippen LogP) is 3.84. The van der Waals surface area contributed by atoms with E-state index in [2.05, 4.69) is 27.9 Å². The van der Waals surface area contributed by atoms with Gasteiger partial charge in [-0.05, 0) is 79.7 Å². The molecule has 38 heavy (non-hydrogen) atoms. The van der Waals surface area contributed by atoms with Crippen LogP contribution < -0.4 is 16.0 Å². The third kappa shape index (κ3) is 17.5. The Morgan fingerprint density at radius 1 is 1.21 bits per heavy atom. The van der Waals surface area contributed by atoms with Crippen LogP contribution in [0.5, 0.6) is 0 Å². The molecule has 0 radical (unpaired) electrons. The highest BCUT2D eigenvalue weighted by molar-refractivity contribution is 5.83. The van der Waals surface area contributed by atoms with Gasteiger partial charge in [0, 0.05) is 32.2 Å². The third-order valence-electron chi connectivity index (χ3n) is 6.44. The number of hydrogen-bond donors (Lipinski definition) is 3. The zero-order valence-corrected chi connectivity index (χ0v) is 25.9. The molecule has 3 aliphatic rings. The molecule has 2 heterocycles. The molecule has 4 atom stereocenters. The number of likely N-dealkylation sites (tertiary alicyclic amines) is 1. The zero-order chi connectivity index (χ0) is 29.7. The van der Waals surface area contributed by atoms with Crippen LogP contribution in [0.3, 0.4) is 0 Å². The smallest absolute Gasteiger partial charge is 0.237 e. The number of carbonyl (C=O) groups is 4. The number of carbonyl (C=O) groups excluding carboxylic acids is 4. The molecule has 3 amide bonds. The minimum absolute atomic E-state index is 0.0417. The molecule has 0 aromatic heterocycles. The number of nitrogens with zero attached hydrogens (tertiary/aromatic N) is 1. The third-order valence-corrected chi connectivity index (χ3v) is 6.44. The fraction of sp³-hybridized carbons (Fsp3) is 0.862. The van der Waals surface area contributed by atoms with E-state index in [1.54, 1.807) is 7.11 Å². The molecule has 9 heteroatoms. The number of fused-ring (bicyclic) bond motifs is 2. The molecule has 0 spiro atoms. The fourth-order valence-electron chi connectivity index (χ4n) is 4.24. The average molecular weight is 543 g/mol. The van der Waals surface area contributed by atoms with E-state index < -0.39 is 0 Å². The van der Waals surface area contributed by atoms with Crippen LogP contribution in [0.25, 0.3) is 0 Å². The van der Waals surface area contributed by atoms with Gasteiger partial charge in [-0.2, -0.15) is 0 Å². The molecule has 2 saturated heterocycles. The largest absolute Gasteiger partial charge is 0.379 e. The van der Waals surface area contributed by atoms with Gasteiger partial charge in [0.1, 0.15) is 6.29 Å². The summed E-state index contributed by atoms with van der Waals surface area (Å²) >= 11 is 0. The number of hydrogen-bond acceptors (Lipinski definition) is 6. The number of rotatable bonds is 8. The second kappa shape index (κ2) is 21.9. The average Bonchev–Trinajstić information content (AvgIpc) is 3.61. The lowest BCUT2D eigenvalue weighted by molar-refractivity contribution is -0.128. The number of aldehydes is 1. The number of likely N-dealkylation sites (N-methyl/N-ethyl adjacent to an activating group) is 1. The van der Waals surface area contributed by atoms with Crippen molar-refractivity contribution >= 4 is 24.5 Å². The van der Waals surface area contributed by atoms with Crippen molar-refractivity contribution in [3.63, 3.8) is 0 Å². The van der Waals surface area contributed by atoms with E-state index >= 15 is 0 Å². The summed E-state index contributed by atoms with van der Waals surface area (Å²) < 4.78 is 4.94. The lowest BCUT2D eigenvalue weighted by Crippen LogP contribution is -2.50. The van der Waals surface area contributed by atoms with Gasteiger partial charge in [0.05, 0.1) is 17.7 Å². The monoisotopic (exact) mass is 542 g/mol. The van der Waals surface area contributed by atoms with E-state index in [0.717, 1.165) is 44.9 Å². The molecular formula is C29H58N4O5. The van der Waals surface area contributed by atoms with Crippen LogP contribution >= 0.6 is 0 Å². The summed E-state index contributed by atoms with van der Waals surface area (Å²) in [7, 11) is 3.80. The lowest BCUT2D eigenvalue weighted by atomic mass is 9.98. The van der Waals surface area contributed by atoms with Crippen LogP contribution in [-0.4, -0.2) is 79.9 Å². The van der Waals surface area contributed by atoms with Gasteiger partial charge >= 0.3 is 0 Å². The van der Waals surface area contributed by atoms with Gasteiger partial charge in [-0.1, -0.05) is 33.6 Å². The minimum atomic E-state index is -0.280. The van der Waals surface area contributed by atoms with Crippen molar-refractivity contribution in [1.82, 2.24) is 20.9 Å². The molecule has 3 unspecified atom stereocenters. The van der Waals surface area contributed by atoms with Crippen molar-refractivity contribution in [1.29, 1.82) is 0 Å². The first-order valence-corrected chi connectivity index (χ1v) is 14.4. The number of nitrogens with one attached hydrogen (secondary N) is 3. The zero-order valence-electron chi connectivity index (χ0n) is 25.9. The highest BCUT2D eigenvalue weighted by atomic mass is 16.5. The van der Waals surface area contributed by atoms with Crippen molar-refractivity contribution < 1.29 is 23.9 Å². The van der Waals surface area contributed by atoms with E-state index in [0.29, 0.717) is 18.4 Å². The van der Waals surface area contributed by atoms with Crippen LogP contribution in [0.4, 0.5) is 0 Å². The molecule has 1 aliphatic carbocycles. The molecule has 3 N–H and O–H groups in total. The van der Waals surface area contributed by atoms with Gasteiger partial charge in [0.15, 0.2) is 0 Å². The number of amides is 3. The first-order valence-electron chi connectivity index (χ1n) is 14.4. The van der Waals surface area contributed by atoms with Crippen LogP contribution in [0.1, 0.15) is 107 Å². The van der Waals surface area contributed by atoms with E-state index in [9.17, 15) is 19.2 Å². The summed E-state index contributed by atoms with van der Waals surface area (Å²) in [5.41, 5.74) is 0.0417. The van der Waals surface area contributed by atoms with Gasteiger partial charge < -0.3 is 25.5 Å². The number of methoxy groups -OCH3 is 1. The molecule has 3 rings (SSSR count). The Labute approximate surface area is 232 Å². The summed E-state index contributed by atoms with van der Waals surface area (Å²) in [6.07, 6.45) is 9.62. The Balaban J connectivity index is 0. The van der Waals surface area contributed by atoms with Crippen molar-refractivity contribution in [2.45, 2.75) is 137 Å². The molecule has 0 aromatic carbocycles. The summed E-state index contributed by atoms with van der Waals surface area (Å²) in [4.78, 5) is 44.4. The molecule has 1 saturated carbocycles. The number of ether oxygens (including phenoxy) is 1. The normalized spacial score (nSPS) is 22.1.